The second kappa shape index (κ2) is 8.58. The number of ether oxygens (including phenoxy) is 2. The monoisotopic (exact) mass is 446 g/mol. The van der Waals surface area contributed by atoms with Gasteiger partial charge in [-0.15, -0.1) is 0 Å². The summed E-state index contributed by atoms with van der Waals surface area (Å²) in [6.45, 7) is 0.380. The van der Waals surface area contributed by atoms with Crippen molar-refractivity contribution in [3.05, 3.63) is 88.4 Å². The first kappa shape index (κ1) is 21.0. The summed E-state index contributed by atoms with van der Waals surface area (Å²) in [5.74, 6) is 0.233. The van der Waals surface area contributed by atoms with Crippen LogP contribution in [-0.2, 0) is 16.0 Å². The molecule has 2 amide bonds. The number of carbonyl (C=O) groups excluding carboxylic acids is 2. The minimum Gasteiger partial charge on any atom is -0.454 e. The van der Waals surface area contributed by atoms with Crippen molar-refractivity contribution >= 4 is 18.1 Å². The van der Waals surface area contributed by atoms with E-state index in [-0.39, 0.29) is 23.8 Å². The summed E-state index contributed by atoms with van der Waals surface area (Å²) in [7, 11) is 1.73. The molecule has 0 bridgehead atoms. The first-order valence-electron chi connectivity index (χ1n) is 10.8. The van der Waals surface area contributed by atoms with Crippen LogP contribution >= 0.6 is 0 Å². The molecule has 2 fully saturated rings. The Morgan fingerprint density at radius 1 is 1.21 bits per heavy atom. The van der Waals surface area contributed by atoms with Crippen LogP contribution in [0.1, 0.15) is 24.0 Å². The Bertz CT molecular complexity index is 1210. The fourth-order valence-corrected chi connectivity index (χ4v) is 4.18. The van der Waals surface area contributed by atoms with Crippen LogP contribution < -0.4 is 10.1 Å². The van der Waals surface area contributed by atoms with Gasteiger partial charge in [-0.2, -0.15) is 0 Å². The van der Waals surface area contributed by atoms with Crippen molar-refractivity contribution in [3.63, 3.8) is 0 Å². The molecule has 2 aromatic carbocycles. The number of hydrogen-bond donors (Lipinski definition) is 1. The lowest BCUT2D eigenvalue weighted by atomic mass is 9.97. The van der Waals surface area contributed by atoms with Crippen LogP contribution in [0.5, 0.6) is 11.5 Å². The van der Waals surface area contributed by atoms with E-state index in [1.165, 1.54) is 6.07 Å². The summed E-state index contributed by atoms with van der Waals surface area (Å²) >= 11 is 0. The lowest BCUT2D eigenvalue weighted by Crippen LogP contribution is -2.30. The fourth-order valence-electron chi connectivity index (χ4n) is 4.18. The normalized spacial score (nSPS) is 20.8. The van der Waals surface area contributed by atoms with E-state index in [4.69, 9.17) is 9.47 Å². The van der Waals surface area contributed by atoms with Gasteiger partial charge in [0, 0.05) is 12.7 Å². The number of amides is 2. The highest BCUT2D eigenvalue weighted by molar-refractivity contribution is 5.87. The first-order valence-corrected chi connectivity index (χ1v) is 10.8. The Morgan fingerprint density at radius 3 is 2.76 bits per heavy atom. The molecule has 3 aliphatic rings. The van der Waals surface area contributed by atoms with E-state index < -0.39 is 5.82 Å². The van der Waals surface area contributed by atoms with Gasteiger partial charge in [-0.3, -0.25) is 4.79 Å². The molecule has 2 heterocycles. The van der Waals surface area contributed by atoms with Crippen LogP contribution in [0.3, 0.4) is 0 Å². The van der Waals surface area contributed by atoms with Gasteiger partial charge in [0.15, 0.2) is 11.6 Å². The van der Waals surface area contributed by atoms with Crippen molar-refractivity contribution in [1.82, 2.24) is 10.2 Å². The molecule has 6 nitrogen and oxygen atoms in total. The van der Waals surface area contributed by atoms with E-state index in [0.29, 0.717) is 31.6 Å². The van der Waals surface area contributed by atoms with Crippen LogP contribution in [-0.4, -0.2) is 36.6 Å². The van der Waals surface area contributed by atoms with E-state index in [9.17, 15) is 14.0 Å². The summed E-state index contributed by atoms with van der Waals surface area (Å²) in [6.07, 6.45) is 7.33. The third-order valence-corrected chi connectivity index (χ3v) is 6.04. The van der Waals surface area contributed by atoms with Gasteiger partial charge in [-0.25, -0.2) is 9.18 Å². The number of allylic oxidation sites excluding steroid dienone is 4. The van der Waals surface area contributed by atoms with E-state index >= 15 is 0 Å². The summed E-state index contributed by atoms with van der Waals surface area (Å²) in [5, 5.41) is 2.83. The average molecular weight is 446 g/mol. The SMILES string of the molecule is CN1C(=O)OCC1Cc1ccc(Oc2ccc(/C=C3/C=C4CC(=O)NC4=CC3)cc2F)cc1. The number of nitrogens with zero attached hydrogens (tertiary/aromatic N) is 1. The molecule has 1 unspecified atom stereocenters. The number of benzene rings is 2. The molecular weight excluding hydrogens is 423 g/mol. The average Bonchev–Trinajstić information content (AvgIpc) is 3.32. The van der Waals surface area contributed by atoms with E-state index in [1.807, 2.05) is 36.4 Å². The topological polar surface area (TPSA) is 67.9 Å². The summed E-state index contributed by atoms with van der Waals surface area (Å²) in [5.41, 5.74) is 4.65. The van der Waals surface area contributed by atoms with Gasteiger partial charge in [0.25, 0.3) is 0 Å². The molecule has 0 radical (unpaired) electrons. The molecule has 7 heteroatoms. The number of carbonyl (C=O) groups is 2. The number of halogens is 1. The quantitative estimate of drug-likeness (QED) is 0.721. The standard InChI is InChI=1S/C26H23FN2O4/c1-29-20(15-32-26(29)31)12-16-2-6-21(7-3-16)33-24-9-5-18(13-22(24)27)10-17-4-8-23-19(11-17)14-25(30)28-23/h2-3,5-11,13,20H,4,12,14-15H2,1H3,(H,28,30)/b17-10+. The van der Waals surface area contributed by atoms with Crippen molar-refractivity contribution in [3.8, 4) is 11.5 Å². The highest BCUT2D eigenvalue weighted by Crippen LogP contribution is 2.30. The Kier molecular flexibility index (Phi) is 5.46. The zero-order chi connectivity index (χ0) is 22.9. The maximum absolute atomic E-state index is 14.7. The van der Waals surface area contributed by atoms with Gasteiger partial charge < -0.3 is 19.7 Å². The Morgan fingerprint density at radius 2 is 2.03 bits per heavy atom. The van der Waals surface area contributed by atoms with Crippen LogP contribution in [0.2, 0.25) is 0 Å². The predicted molar refractivity (Wildman–Crippen MR) is 121 cm³/mol. The second-order valence-corrected chi connectivity index (χ2v) is 8.42. The van der Waals surface area contributed by atoms with Gasteiger partial charge in [0.1, 0.15) is 12.4 Å². The van der Waals surface area contributed by atoms with Gasteiger partial charge >= 0.3 is 6.09 Å². The fraction of sp³-hybridized carbons (Fsp3) is 0.231. The van der Waals surface area contributed by atoms with E-state index in [1.54, 1.807) is 30.1 Å². The molecule has 2 saturated heterocycles. The minimum absolute atomic E-state index is 0.00400. The summed E-state index contributed by atoms with van der Waals surface area (Å²) in [4.78, 5) is 24.6. The van der Waals surface area contributed by atoms with Crippen molar-refractivity contribution in [2.24, 2.45) is 0 Å². The van der Waals surface area contributed by atoms with E-state index in [2.05, 4.69) is 5.32 Å². The van der Waals surface area contributed by atoms with Crippen LogP contribution in [0.4, 0.5) is 9.18 Å². The van der Waals surface area contributed by atoms with Gasteiger partial charge in [0.2, 0.25) is 5.91 Å². The molecule has 2 aromatic rings. The molecule has 0 saturated carbocycles. The molecule has 1 aliphatic carbocycles. The lowest BCUT2D eigenvalue weighted by molar-refractivity contribution is -0.118. The lowest BCUT2D eigenvalue weighted by Gasteiger charge is -2.16. The maximum Gasteiger partial charge on any atom is 0.409 e. The molecule has 1 atom stereocenters. The van der Waals surface area contributed by atoms with E-state index in [0.717, 1.165) is 28.0 Å². The number of cyclic esters (lactones) is 1. The van der Waals surface area contributed by atoms with Gasteiger partial charge in [0.05, 0.1) is 12.5 Å². The van der Waals surface area contributed by atoms with Crippen molar-refractivity contribution in [1.29, 1.82) is 0 Å². The highest BCUT2D eigenvalue weighted by Gasteiger charge is 2.29. The highest BCUT2D eigenvalue weighted by atomic mass is 19.1. The predicted octanol–water partition coefficient (Wildman–Crippen LogP) is 4.73. The molecule has 33 heavy (non-hydrogen) atoms. The Labute approximate surface area is 191 Å². The zero-order valence-corrected chi connectivity index (χ0v) is 18.1. The number of nitrogens with one attached hydrogen (secondary N) is 1. The minimum atomic E-state index is -0.450. The van der Waals surface area contributed by atoms with Crippen molar-refractivity contribution in [2.45, 2.75) is 25.3 Å². The molecule has 0 aromatic heterocycles. The second-order valence-electron chi connectivity index (χ2n) is 8.42. The number of rotatable bonds is 5. The molecule has 168 valence electrons. The third-order valence-electron chi connectivity index (χ3n) is 6.04. The summed E-state index contributed by atoms with van der Waals surface area (Å²) in [6, 6.07) is 12.3. The maximum atomic E-state index is 14.7. The van der Waals surface area contributed by atoms with Crippen LogP contribution in [0.25, 0.3) is 6.08 Å². The number of hydrogen-bond acceptors (Lipinski definition) is 4. The largest absolute Gasteiger partial charge is 0.454 e. The van der Waals surface area contributed by atoms with Crippen molar-refractivity contribution < 1.29 is 23.5 Å². The first-order chi connectivity index (χ1) is 15.9. The molecule has 1 N–H and O–H groups in total. The number of fused-ring (bicyclic) bond motifs is 1. The van der Waals surface area contributed by atoms with Crippen LogP contribution in [0, 0.1) is 5.82 Å². The molecular formula is C26H23FN2O4. The van der Waals surface area contributed by atoms with Gasteiger partial charge in [-0.05, 0) is 59.4 Å². The zero-order valence-electron chi connectivity index (χ0n) is 18.1. The van der Waals surface area contributed by atoms with Crippen LogP contribution in [0.15, 0.2) is 71.5 Å². The van der Waals surface area contributed by atoms with Gasteiger partial charge in [-0.1, -0.05) is 36.4 Å². The Balaban J connectivity index is 1.24. The number of likely N-dealkylation sites (N-methyl/N-ethyl adjacent to an activating group) is 1. The molecule has 2 aliphatic heterocycles. The molecule has 5 rings (SSSR count). The Hall–Kier alpha value is -3.87. The molecule has 0 spiro atoms. The summed E-state index contributed by atoms with van der Waals surface area (Å²) < 4.78 is 25.5. The van der Waals surface area contributed by atoms with Crippen molar-refractivity contribution in [2.75, 3.05) is 13.7 Å². The smallest absolute Gasteiger partial charge is 0.409 e. The third kappa shape index (κ3) is 4.53.